The number of carbonyl (C=O) groups is 1. The van der Waals surface area contributed by atoms with Crippen LogP contribution in [0.1, 0.15) is 24.6 Å². The molecule has 0 aliphatic rings. The Morgan fingerprint density at radius 1 is 1.35 bits per heavy atom. The van der Waals surface area contributed by atoms with Crippen molar-refractivity contribution in [1.29, 1.82) is 0 Å². The average Bonchev–Trinajstić information content (AvgIpc) is 3.05. The minimum absolute atomic E-state index is 0.147. The van der Waals surface area contributed by atoms with Crippen molar-refractivity contribution in [3.05, 3.63) is 50.6 Å². The van der Waals surface area contributed by atoms with Crippen LogP contribution in [0.25, 0.3) is 0 Å². The van der Waals surface area contributed by atoms with Crippen molar-refractivity contribution in [3.63, 3.8) is 0 Å². The van der Waals surface area contributed by atoms with Crippen LogP contribution in [0.5, 0.6) is 5.75 Å². The molecular formula is C16H16Cl2N2O2S. The summed E-state index contributed by atoms with van der Waals surface area (Å²) in [5, 5.41) is 7.06. The molecule has 4 nitrogen and oxygen atoms in total. The number of thiophene rings is 1. The van der Waals surface area contributed by atoms with Gasteiger partial charge < -0.3 is 4.74 Å². The summed E-state index contributed by atoms with van der Waals surface area (Å²) in [7, 11) is 0. The lowest BCUT2D eigenvalue weighted by molar-refractivity contribution is -0.121. The van der Waals surface area contributed by atoms with Crippen molar-refractivity contribution in [1.82, 2.24) is 5.43 Å². The molecule has 0 fully saturated rings. The third-order valence-corrected chi connectivity index (χ3v) is 4.43. The molecule has 0 saturated heterocycles. The molecule has 1 aromatic heterocycles. The Labute approximate surface area is 149 Å². The summed E-state index contributed by atoms with van der Waals surface area (Å²) in [6, 6.07) is 8.93. The monoisotopic (exact) mass is 370 g/mol. The molecule has 1 amide bonds. The van der Waals surface area contributed by atoms with Crippen molar-refractivity contribution in [3.8, 4) is 5.75 Å². The van der Waals surface area contributed by atoms with E-state index in [4.69, 9.17) is 27.9 Å². The molecule has 0 radical (unpaired) electrons. The zero-order valence-corrected chi connectivity index (χ0v) is 14.8. The van der Waals surface area contributed by atoms with E-state index in [1.165, 1.54) is 0 Å². The first-order valence-electron chi connectivity index (χ1n) is 7.01. The molecule has 1 aromatic carbocycles. The number of benzene rings is 1. The quantitative estimate of drug-likeness (QED) is 0.434. The van der Waals surface area contributed by atoms with Crippen LogP contribution in [0.3, 0.4) is 0 Å². The molecule has 7 heteroatoms. The number of carbonyl (C=O) groups excluding carboxylic acids is 1. The van der Waals surface area contributed by atoms with E-state index in [9.17, 15) is 4.79 Å². The second-order valence-corrected chi connectivity index (χ2v) is 6.53. The molecular weight excluding hydrogens is 355 g/mol. The van der Waals surface area contributed by atoms with Crippen LogP contribution in [-0.4, -0.2) is 18.2 Å². The van der Waals surface area contributed by atoms with Crippen LogP contribution in [0.2, 0.25) is 10.0 Å². The number of ether oxygens (including phenoxy) is 1. The molecule has 0 aliphatic carbocycles. The van der Waals surface area contributed by atoms with Gasteiger partial charge in [0.15, 0.2) is 0 Å². The Kier molecular flexibility index (Phi) is 6.89. The average molecular weight is 371 g/mol. The third kappa shape index (κ3) is 5.86. The maximum Gasteiger partial charge on any atom is 0.240 e. The van der Waals surface area contributed by atoms with E-state index in [-0.39, 0.29) is 5.91 Å². The molecule has 23 heavy (non-hydrogen) atoms. The van der Waals surface area contributed by atoms with Crippen LogP contribution >= 0.6 is 34.5 Å². The summed E-state index contributed by atoms with van der Waals surface area (Å²) < 4.78 is 5.52. The minimum Gasteiger partial charge on any atom is -0.492 e. The normalized spacial score (nSPS) is 11.3. The van der Waals surface area contributed by atoms with Gasteiger partial charge in [-0.1, -0.05) is 29.3 Å². The Balaban J connectivity index is 1.70. The van der Waals surface area contributed by atoms with E-state index < -0.39 is 0 Å². The van der Waals surface area contributed by atoms with E-state index in [0.717, 1.165) is 10.6 Å². The zero-order valence-electron chi connectivity index (χ0n) is 12.5. The van der Waals surface area contributed by atoms with Gasteiger partial charge in [-0.15, -0.1) is 11.3 Å². The van der Waals surface area contributed by atoms with E-state index in [2.05, 4.69) is 10.5 Å². The van der Waals surface area contributed by atoms with Gasteiger partial charge in [-0.25, -0.2) is 5.43 Å². The smallest absolute Gasteiger partial charge is 0.240 e. The van der Waals surface area contributed by atoms with Crippen LogP contribution in [0.4, 0.5) is 0 Å². The topological polar surface area (TPSA) is 50.7 Å². The highest BCUT2D eigenvalue weighted by Crippen LogP contribution is 2.27. The first-order chi connectivity index (χ1) is 11.1. The number of hydrogen-bond acceptors (Lipinski definition) is 4. The van der Waals surface area contributed by atoms with Crippen molar-refractivity contribution >= 4 is 46.2 Å². The number of amides is 1. The zero-order chi connectivity index (χ0) is 16.7. The highest BCUT2D eigenvalue weighted by Gasteiger charge is 2.05. The Morgan fingerprint density at radius 3 is 2.87 bits per heavy atom. The molecule has 2 rings (SSSR count). The fourth-order valence-electron chi connectivity index (χ4n) is 1.75. The number of nitrogens with one attached hydrogen (secondary N) is 1. The lowest BCUT2D eigenvalue weighted by atomic mass is 10.3. The second-order valence-electron chi connectivity index (χ2n) is 4.74. The molecule has 0 bridgehead atoms. The van der Waals surface area contributed by atoms with Crippen molar-refractivity contribution in [2.24, 2.45) is 5.10 Å². The molecule has 0 unspecified atom stereocenters. The van der Waals surface area contributed by atoms with Crippen molar-refractivity contribution in [2.45, 2.75) is 19.8 Å². The molecule has 0 atom stereocenters. The van der Waals surface area contributed by atoms with Crippen LogP contribution < -0.4 is 10.2 Å². The van der Waals surface area contributed by atoms with Gasteiger partial charge in [0.05, 0.1) is 17.3 Å². The van der Waals surface area contributed by atoms with Crippen molar-refractivity contribution < 1.29 is 9.53 Å². The van der Waals surface area contributed by atoms with E-state index >= 15 is 0 Å². The lowest BCUT2D eigenvalue weighted by Crippen LogP contribution is -2.19. The van der Waals surface area contributed by atoms with Gasteiger partial charge >= 0.3 is 0 Å². The van der Waals surface area contributed by atoms with Crippen molar-refractivity contribution in [2.75, 3.05) is 6.61 Å². The summed E-state index contributed by atoms with van der Waals surface area (Å²) in [4.78, 5) is 12.8. The molecule has 122 valence electrons. The number of hydrazone groups is 1. The predicted molar refractivity (Wildman–Crippen MR) is 95.9 cm³/mol. The SMILES string of the molecule is CC(=NNC(=O)CCCOc1ccc(Cl)cc1Cl)c1cccs1. The fraction of sp³-hybridized carbons (Fsp3) is 0.250. The predicted octanol–water partition coefficient (Wildman–Crippen LogP) is 4.75. The number of rotatable bonds is 7. The highest BCUT2D eigenvalue weighted by atomic mass is 35.5. The van der Waals surface area contributed by atoms with E-state index in [0.29, 0.717) is 35.2 Å². The summed E-state index contributed by atoms with van der Waals surface area (Å²) in [5.41, 5.74) is 3.33. The number of halogens is 2. The summed E-state index contributed by atoms with van der Waals surface area (Å²) >= 11 is 13.4. The van der Waals surface area contributed by atoms with Gasteiger partial charge in [-0.05, 0) is 43.0 Å². The summed E-state index contributed by atoms with van der Waals surface area (Å²) in [5.74, 6) is 0.412. The maximum absolute atomic E-state index is 11.7. The summed E-state index contributed by atoms with van der Waals surface area (Å²) in [6.07, 6.45) is 0.894. The Hall–Kier alpha value is -1.56. The van der Waals surface area contributed by atoms with E-state index in [1.54, 1.807) is 29.5 Å². The number of nitrogens with zero attached hydrogens (tertiary/aromatic N) is 1. The first kappa shape index (κ1) is 17.8. The lowest BCUT2D eigenvalue weighted by Gasteiger charge is -2.07. The van der Waals surface area contributed by atoms with Crippen LogP contribution in [0, 0.1) is 0 Å². The number of hydrogen-bond donors (Lipinski definition) is 1. The molecule has 1 heterocycles. The first-order valence-corrected chi connectivity index (χ1v) is 8.64. The third-order valence-electron chi connectivity index (χ3n) is 2.93. The summed E-state index contributed by atoms with van der Waals surface area (Å²) in [6.45, 7) is 2.25. The maximum atomic E-state index is 11.7. The standard InChI is InChI=1S/C16H16Cl2N2O2S/c1-11(15-4-3-9-23-15)19-20-16(21)5-2-8-22-14-7-6-12(17)10-13(14)18/h3-4,6-7,9-10H,2,5,8H2,1H3,(H,20,21). The van der Waals surface area contributed by atoms with Gasteiger partial charge in [-0.2, -0.15) is 5.10 Å². The van der Waals surface area contributed by atoms with E-state index in [1.807, 2.05) is 24.4 Å². The van der Waals surface area contributed by atoms with Gasteiger partial charge in [-0.3, -0.25) is 4.79 Å². The fourth-order valence-corrected chi connectivity index (χ4v) is 2.89. The molecule has 0 spiro atoms. The molecule has 2 aromatic rings. The second kappa shape index (κ2) is 8.91. The minimum atomic E-state index is -0.147. The van der Waals surface area contributed by atoms with Gasteiger partial charge in [0.1, 0.15) is 5.75 Å². The highest BCUT2D eigenvalue weighted by molar-refractivity contribution is 7.12. The van der Waals surface area contributed by atoms with Gasteiger partial charge in [0, 0.05) is 16.3 Å². The van der Waals surface area contributed by atoms with Gasteiger partial charge in [0.25, 0.3) is 0 Å². The van der Waals surface area contributed by atoms with Gasteiger partial charge in [0.2, 0.25) is 5.91 Å². The van der Waals surface area contributed by atoms with Crippen LogP contribution in [0.15, 0.2) is 40.8 Å². The largest absolute Gasteiger partial charge is 0.492 e. The van der Waals surface area contributed by atoms with Crippen LogP contribution in [-0.2, 0) is 4.79 Å². The Bertz CT molecular complexity index is 687. The molecule has 0 saturated carbocycles. The molecule has 1 N–H and O–H groups in total. The Morgan fingerprint density at radius 2 is 2.17 bits per heavy atom. The molecule has 0 aliphatic heterocycles.